The second-order valence-electron chi connectivity index (χ2n) is 11.0. The largest absolute Gasteiger partial charge is 0.478 e. The Kier molecular flexibility index (Phi) is 9.27. The van der Waals surface area contributed by atoms with Crippen molar-refractivity contribution >= 4 is 22.9 Å². The lowest BCUT2D eigenvalue weighted by atomic mass is 9.82. The third-order valence-electron chi connectivity index (χ3n) is 8.24. The van der Waals surface area contributed by atoms with E-state index in [0.29, 0.717) is 17.5 Å². The van der Waals surface area contributed by atoms with E-state index in [-0.39, 0.29) is 11.9 Å². The van der Waals surface area contributed by atoms with E-state index in [4.69, 9.17) is 10.1 Å². The van der Waals surface area contributed by atoms with Gasteiger partial charge < -0.3 is 15.0 Å². The number of aromatic nitrogens is 2. The van der Waals surface area contributed by atoms with Crippen LogP contribution in [0.5, 0.6) is 0 Å². The molecule has 0 saturated heterocycles. The first-order valence-electron chi connectivity index (χ1n) is 14.7. The number of carbonyl (C=O) groups is 2. The average Bonchev–Trinajstić information content (AvgIpc) is 3.39. The Labute approximate surface area is 236 Å². The monoisotopic (exact) mass is 537 g/mol. The van der Waals surface area contributed by atoms with Crippen LogP contribution < -0.4 is 5.32 Å². The number of aromatic carboxylic acids is 1. The van der Waals surface area contributed by atoms with Gasteiger partial charge in [-0.05, 0) is 55.9 Å². The molecular weight excluding hydrogens is 498 g/mol. The summed E-state index contributed by atoms with van der Waals surface area (Å²) in [5.41, 5.74) is 3.44. The van der Waals surface area contributed by atoms with E-state index in [0.717, 1.165) is 48.1 Å². The molecule has 2 aliphatic carbocycles. The number of carbonyl (C=O) groups excluding carboxylic acids is 1. The number of fused-ring (bicyclic) bond motifs is 1. The van der Waals surface area contributed by atoms with Gasteiger partial charge >= 0.3 is 5.97 Å². The Morgan fingerprint density at radius 2 is 1.32 bits per heavy atom. The number of imidazole rings is 1. The van der Waals surface area contributed by atoms with Crippen LogP contribution in [0.25, 0.3) is 22.4 Å². The van der Waals surface area contributed by atoms with Crippen LogP contribution in [-0.2, 0) is 4.79 Å². The summed E-state index contributed by atoms with van der Waals surface area (Å²) in [6, 6.07) is 27.0. The third kappa shape index (κ3) is 6.61. The predicted octanol–water partition coefficient (Wildman–Crippen LogP) is 7.66. The fourth-order valence-corrected chi connectivity index (χ4v) is 6.22. The molecule has 6 heteroatoms. The summed E-state index contributed by atoms with van der Waals surface area (Å²) in [5.74, 6) is 0.586. The van der Waals surface area contributed by atoms with Crippen LogP contribution in [0.15, 0.2) is 84.9 Å². The molecule has 208 valence electrons. The van der Waals surface area contributed by atoms with Gasteiger partial charge in [-0.3, -0.25) is 4.79 Å². The third-order valence-corrected chi connectivity index (χ3v) is 8.24. The summed E-state index contributed by atoms with van der Waals surface area (Å²) < 4.78 is 2.26. The fourth-order valence-electron chi connectivity index (χ4n) is 6.22. The lowest BCUT2D eigenvalue weighted by Crippen LogP contribution is -2.43. The van der Waals surface area contributed by atoms with Crippen molar-refractivity contribution in [1.29, 1.82) is 0 Å². The Morgan fingerprint density at radius 1 is 0.750 bits per heavy atom. The summed E-state index contributed by atoms with van der Waals surface area (Å²) in [7, 11) is 0. The highest BCUT2D eigenvalue weighted by molar-refractivity contribution is 5.88. The van der Waals surface area contributed by atoms with Crippen molar-refractivity contribution < 1.29 is 14.7 Å². The van der Waals surface area contributed by atoms with Gasteiger partial charge in [-0.25, -0.2) is 9.78 Å². The Morgan fingerprint density at radius 3 is 1.95 bits per heavy atom. The molecule has 3 aromatic carbocycles. The van der Waals surface area contributed by atoms with E-state index in [1.54, 1.807) is 30.3 Å². The zero-order chi connectivity index (χ0) is 27.7. The molecule has 0 spiro atoms. The Hall–Kier alpha value is -3.93. The molecule has 1 unspecified atom stereocenters. The van der Waals surface area contributed by atoms with Crippen molar-refractivity contribution in [3.05, 3.63) is 90.5 Å². The SMILES string of the molecule is O=C(NC1CCCCC1)C(C1CCCCC1)n1c(-c2ccccc2)nc2ccccc21.O=C(O)c1ccccc1. The number of hydrogen-bond donors (Lipinski definition) is 2. The molecule has 0 radical (unpaired) electrons. The van der Waals surface area contributed by atoms with E-state index in [1.165, 1.54) is 38.5 Å². The second kappa shape index (κ2) is 13.4. The van der Waals surface area contributed by atoms with E-state index >= 15 is 0 Å². The van der Waals surface area contributed by atoms with Crippen molar-refractivity contribution in [2.24, 2.45) is 5.92 Å². The van der Waals surface area contributed by atoms with Gasteiger partial charge in [0, 0.05) is 11.6 Å². The number of hydrogen-bond acceptors (Lipinski definition) is 3. The van der Waals surface area contributed by atoms with Gasteiger partial charge in [0.1, 0.15) is 11.9 Å². The fraction of sp³-hybridized carbons (Fsp3) is 0.382. The maximum atomic E-state index is 13.9. The zero-order valence-electron chi connectivity index (χ0n) is 23.0. The van der Waals surface area contributed by atoms with E-state index in [2.05, 4.69) is 52.3 Å². The average molecular weight is 538 g/mol. The maximum absolute atomic E-state index is 13.9. The number of carboxylic acid groups (broad SMARTS) is 1. The van der Waals surface area contributed by atoms with Crippen LogP contribution in [0.1, 0.15) is 80.6 Å². The first kappa shape index (κ1) is 27.6. The van der Waals surface area contributed by atoms with Crippen molar-refractivity contribution in [1.82, 2.24) is 14.9 Å². The molecule has 40 heavy (non-hydrogen) atoms. The normalized spacial score (nSPS) is 17.0. The number of nitrogens with zero attached hydrogens (tertiary/aromatic N) is 2. The highest BCUT2D eigenvalue weighted by atomic mass is 16.4. The van der Waals surface area contributed by atoms with Gasteiger partial charge in [-0.1, -0.05) is 99.2 Å². The summed E-state index contributed by atoms with van der Waals surface area (Å²) in [5, 5.41) is 11.8. The van der Waals surface area contributed by atoms with Crippen LogP contribution >= 0.6 is 0 Å². The summed E-state index contributed by atoms with van der Waals surface area (Å²) in [4.78, 5) is 29.1. The lowest BCUT2D eigenvalue weighted by Gasteiger charge is -2.33. The van der Waals surface area contributed by atoms with Crippen LogP contribution in [-0.4, -0.2) is 32.6 Å². The molecule has 4 aromatic rings. The molecule has 1 aromatic heterocycles. The number of amides is 1. The molecule has 1 amide bonds. The van der Waals surface area contributed by atoms with Gasteiger partial charge in [0.15, 0.2) is 0 Å². The molecule has 0 aliphatic heterocycles. The van der Waals surface area contributed by atoms with Crippen molar-refractivity contribution in [3.63, 3.8) is 0 Å². The highest BCUT2D eigenvalue weighted by Gasteiger charge is 2.35. The van der Waals surface area contributed by atoms with Crippen LogP contribution in [0, 0.1) is 5.92 Å². The number of carboxylic acids is 1. The molecule has 6 nitrogen and oxygen atoms in total. The first-order valence-corrected chi connectivity index (χ1v) is 14.7. The standard InChI is InChI=1S/C27H33N3O.C7H6O2/c31-27(28-22-16-8-3-9-17-22)25(20-12-4-1-5-13-20)30-24-19-11-10-18-23(24)29-26(30)21-14-6-2-7-15-21;8-7(9)6-4-2-1-3-5-6/h2,6-7,10-11,14-15,18-20,22,25H,1,3-5,8-9,12-13,16-17H2,(H,28,31);1-5H,(H,8,9). The molecular formula is C34H39N3O3. The summed E-state index contributed by atoms with van der Waals surface area (Å²) in [6.45, 7) is 0. The van der Waals surface area contributed by atoms with Crippen LogP contribution in [0.4, 0.5) is 0 Å². The highest BCUT2D eigenvalue weighted by Crippen LogP contribution is 2.38. The topological polar surface area (TPSA) is 84.2 Å². The first-order chi connectivity index (χ1) is 19.6. The van der Waals surface area contributed by atoms with Crippen LogP contribution in [0.2, 0.25) is 0 Å². The lowest BCUT2D eigenvalue weighted by molar-refractivity contribution is -0.127. The maximum Gasteiger partial charge on any atom is 0.335 e. The molecule has 1 heterocycles. The minimum Gasteiger partial charge on any atom is -0.478 e. The minimum atomic E-state index is -0.879. The summed E-state index contributed by atoms with van der Waals surface area (Å²) >= 11 is 0. The van der Waals surface area contributed by atoms with E-state index in [1.807, 2.05) is 12.1 Å². The molecule has 6 rings (SSSR count). The van der Waals surface area contributed by atoms with Crippen LogP contribution in [0.3, 0.4) is 0 Å². The van der Waals surface area contributed by atoms with Gasteiger partial charge in [-0.15, -0.1) is 0 Å². The number of rotatable bonds is 6. The van der Waals surface area contributed by atoms with E-state index in [9.17, 15) is 9.59 Å². The van der Waals surface area contributed by atoms with Gasteiger partial charge in [0.25, 0.3) is 0 Å². The molecule has 1 atom stereocenters. The quantitative estimate of drug-likeness (QED) is 0.264. The van der Waals surface area contributed by atoms with Crippen molar-refractivity contribution in [3.8, 4) is 11.4 Å². The number of para-hydroxylation sites is 2. The zero-order valence-corrected chi connectivity index (χ0v) is 23.0. The Balaban J connectivity index is 0.000000306. The molecule has 0 bridgehead atoms. The predicted molar refractivity (Wildman–Crippen MR) is 159 cm³/mol. The number of nitrogens with one attached hydrogen (secondary N) is 1. The summed E-state index contributed by atoms with van der Waals surface area (Å²) in [6.07, 6.45) is 11.9. The number of benzene rings is 3. The minimum absolute atomic E-state index is 0.194. The Bertz CT molecular complexity index is 1390. The van der Waals surface area contributed by atoms with Gasteiger partial charge in [0.05, 0.1) is 16.6 Å². The van der Waals surface area contributed by atoms with E-state index < -0.39 is 5.97 Å². The van der Waals surface area contributed by atoms with Crippen molar-refractivity contribution in [2.45, 2.75) is 76.3 Å². The molecule has 2 saturated carbocycles. The van der Waals surface area contributed by atoms with Gasteiger partial charge in [0.2, 0.25) is 5.91 Å². The molecule has 2 aliphatic rings. The van der Waals surface area contributed by atoms with Crippen molar-refractivity contribution in [2.75, 3.05) is 0 Å². The second-order valence-corrected chi connectivity index (χ2v) is 11.0. The van der Waals surface area contributed by atoms with Gasteiger partial charge in [-0.2, -0.15) is 0 Å². The molecule has 2 N–H and O–H groups in total. The molecule has 2 fully saturated rings. The smallest absolute Gasteiger partial charge is 0.335 e.